The van der Waals surface area contributed by atoms with E-state index in [1.54, 1.807) is 36.4 Å². The van der Waals surface area contributed by atoms with Crippen LogP contribution in [-0.4, -0.2) is 41.5 Å². The molecule has 0 saturated carbocycles. The van der Waals surface area contributed by atoms with E-state index in [0.717, 1.165) is 4.90 Å². The third-order valence-electron chi connectivity index (χ3n) is 4.15. The average Bonchev–Trinajstić information content (AvgIpc) is 2.65. The van der Waals surface area contributed by atoms with E-state index in [-0.39, 0.29) is 24.8 Å². The van der Waals surface area contributed by atoms with Gasteiger partial charge < -0.3 is 15.5 Å². The van der Waals surface area contributed by atoms with Gasteiger partial charge in [0.05, 0.1) is 33.2 Å². The molecule has 2 aromatic rings. The first-order chi connectivity index (χ1) is 13.7. The molecule has 2 N–H and O–H groups in total. The minimum Gasteiger partial charge on any atom is -0.336 e. The number of carbonyl (C=O) groups is 3. The molecule has 1 aliphatic heterocycles. The molecule has 0 bridgehead atoms. The van der Waals surface area contributed by atoms with Crippen LogP contribution in [0.4, 0.5) is 11.4 Å². The Hall–Kier alpha value is -1.93. The van der Waals surface area contributed by atoms with E-state index >= 15 is 0 Å². The fraction of sp³-hybridized carbons (Fsp3) is 0.211. The molecular formula is C19H16Cl3N3O3S. The molecule has 2 aromatic carbocycles. The summed E-state index contributed by atoms with van der Waals surface area (Å²) in [6, 6.07) is 10.0. The zero-order chi connectivity index (χ0) is 21.1. The third-order valence-corrected chi connectivity index (χ3v) is 6.30. The first-order valence-electron chi connectivity index (χ1n) is 8.49. The molecule has 29 heavy (non-hydrogen) atoms. The van der Waals surface area contributed by atoms with Crippen LogP contribution in [0.3, 0.4) is 0 Å². The van der Waals surface area contributed by atoms with Crippen molar-refractivity contribution < 1.29 is 14.4 Å². The summed E-state index contributed by atoms with van der Waals surface area (Å²) < 4.78 is 0. The van der Waals surface area contributed by atoms with Crippen molar-refractivity contribution in [3.05, 3.63) is 51.5 Å². The number of amides is 3. The van der Waals surface area contributed by atoms with Gasteiger partial charge >= 0.3 is 0 Å². The van der Waals surface area contributed by atoms with Crippen LogP contribution in [-0.2, 0) is 14.4 Å². The predicted molar refractivity (Wildman–Crippen MR) is 117 cm³/mol. The summed E-state index contributed by atoms with van der Waals surface area (Å²) >= 11 is 19.3. The van der Waals surface area contributed by atoms with Crippen molar-refractivity contribution in [3.63, 3.8) is 0 Å². The maximum atomic E-state index is 12.5. The van der Waals surface area contributed by atoms with Crippen molar-refractivity contribution in [2.75, 3.05) is 24.2 Å². The van der Waals surface area contributed by atoms with E-state index in [1.807, 2.05) is 0 Å². The number of rotatable bonds is 5. The smallest absolute Gasteiger partial charge is 0.244 e. The van der Waals surface area contributed by atoms with E-state index in [4.69, 9.17) is 34.8 Å². The highest BCUT2D eigenvalue weighted by Gasteiger charge is 2.30. The minimum atomic E-state index is -0.598. The van der Waals surface area contributed by atoms with E-state index < -0.39 is 11.2 Å². The zero-order valence-electron chi connectivity index (χ0n) is 15.2. The van der Waals surface area contributed by atoms with Gasteiger partial charge in [0, 0.05) is 23.4 Å². The van der Waals surface area contributed by atoms with Crippen molar-refractivity contribution in [2.45, 2.75) is 16.6 Å². The summed E-state index contributed by atoms with van der Waals surface area (Å²) in [6.07, 6.45) is -0.0464. The van der Waals surface area contributed by atoms with Crippen LogP contribution in [0.5, 0.6) is 0 Å². The third kappa shape index (κ3) is 5.36. The number of nitrogens with zero attached hydrogens (tertiary/aromatic N) is 1. The van der Waals surface area contributed by atoms with Crippen LogP contribution >= 0.6 is 46.6 Å². The van der Waals surface area contributed by atoms with Crippen molar-refractivity contribution >= 4 is 75.7 Å². The fourth-order valence-electron chi connectivity index (χ4n) is 2.67. The Bertz CT molecular complexity index is 966. The first-order valence-corrected chi connectivity index (χ1v) is 10.5. The Labute approximate surface area is 186 Å². The van der Waals surface area contributed by atoms with Crippen LogP contribution in [0.15, 0.2) is 41.3 Å². The SMILES string of the molecule is CN(CC(=O)Nc1c(Cl)cccc1Cl)C(=O)C[C@@H]1Sc2ccc(Cl)cc2NC1=O. The lowest BCUT2D eigenvalue weighted by Crippen LogP contribution is -2.39. The molecule has 0 fully saturated rings. The van der Waals surface area contributed by atoms with E-state index in [9.17, 15) is 14.4 Å². The average molecular weight is 473 g/mol. The number of thioether (sulfide) groups is 1. The molecule has 152 valence electrons. The molecule has 0 saturated heterocycles. The maximum Gasteiger partial charge on any atom is 0.244 e. The molecule has 3 rings (SSSR count). The van der Waals surface area contributed by atoms with Gasteiger partial charge in [-0.2, -0.15) is 0 Å². The van der Waals surface area contributed by atoms with Gasteiger partial charge in [-0.3, -0.25) is 14.4 Å². The number of hydrogen-bond donors (Lipinski definition) is 2. The lowest BCUT2D eigenvalue weighted by molar-refractivity contribution is -0.134. The van der Waals surface area contributed by atoms with Gasteiger partial charge in [0.15, 0.2) is 0 Å². The summed E-state index contributed by atoms with van der Waals surface area (Å²) in [5, 5.41) is 5.88. The summed E-state index contributed by atoms with van der Waals surface area (Å²) in [7, 11) is 1.50. The molecule has 10 heteroatoms. The second-order valence-corrected chi connectivity index (χ2v) is 8.83. The summed E-state index contributed by atoms with van der Waals surface area (Å²) in [5.41, 5.74) is 0.916. The van der Waals surface area contributed by atoms with Gasteiger partial charge in [0.25, 0.3) is 0 Å². The summed E-state index contributed by atoms with van der Waals surface area (Å²) in [6.45, 7) is -0.203. The standard InChI is InChI=1S/C19H16Cl3N3O3S/c1-25(9-16(26)24-18-11(21)3-2-4-12(18)22)17(27)8-15-19(28)23-13-7-10(20)5-6-14(13)29-15/h2-7,15H,8-9H2,1H3,(H,23,28)(H,24,26)/t15-/m0/s1. The number of carbonyl (C=O) groups excluding carboxylic acids is 3. The largest absolute Gasteiger partial charge is 0.336 e. The van der Waals surface area contributed by atoms with E-state index in [2.05, 4.69) is 10.6 Å². The number of nitrogens with one attached hydrogen (secondary N) is 2. The van der Waals surface area contributed by atoms with Crippen LogP contribution in [0, 0.1) is 0 Å². The topological polar surface area (TPSA) is 78.5 Å². The normalized spacial score (nSPS) is 15.3. The molecule has 0 aliphatic carbocycles. The molecule has 1 atom stereocenters. The Balaban J connectivity index is 1.58. The number of fused-ring (bicyclic) bond motifs is 1. The molecule has 1 aliphatic rings. The summed E-state index contributed by atoms with van der Waals surface area (Å²) in [4.78, 5) is 39.2. The molecule has 3 amide bonds. The number of benzene rings is 2. The molecule has 1 heterocycles. The van der Waals surface area contributed by atoms with Crippen molar-refractivity contribution in [2.24, 2.45) is 0 Å². The highest BCUT2D eigenvalue weighted by Crippen LogP contribution is 2.38. The lowest BCUT2D eigenvalue weighted by Gasteiger charge is -2.25. The van der Waals surface area contributed by atoms with Crippen LogP contribution < -0.4 is 10.6 Å². The highest BCUT2D eigenvalue weighted by molar-refractivity contribution is 8.01. The van der Waals surface area contributed by atoms with Gasteiger partial charge in [-0.05, 0) is 30.3 Å². The monoisotopic (exact) mass is 471 g/mol. The molecule has 0 aromatic heterocycles. The van der Waals surface area contributed by atoms with Crippen molar-refractivity contribution in [3.8, 4) is 0 Å². The zero-order valence-corrected chi connectivity index (χ0v) is 18.3. The molecule has 0 radical (unpaired) electrons. The minimum absolute atomic E-state index is 0.0464. The summed E-state index contributed by atoms with van der Waals surface area (Å²) in [5.74, 6) is -1.06. The molecule has 6 nitrogen and oxygen atoms in total. The molecule has 0 unspecified atom stereocenters. The number of para-hydroxylation sites is 1. The van der Waals surface area contributed by atoms with Crippen molar-refractivity contribution in [1.82, 2.24) is 4.90 Å². The van der Waals surface area contributed by atoms with Crippen LogP contribution in [0.2, 0.25) is 15.1 Å². The Morgan fingerprint density at radius 3 is 2.55 bits per heavy atom. The van der Waals surface area contributed by atoms with E-state index in [1.165, 1.54) is 23.7 Å². The van der Waals surface area contributed by atoms with Crippen LogP contribution in [0.25, 0.3) is 0 Å². The Morgan fingerprint density at radius 1 is 1.17 bits per heavy atom. The second kappa shape index (κ2) is 9.26. The van der Waals surface area contributed by atoms with Crippen molar-refractivity contribution in [1.29, 1.82) is 0 Å². The van der Waals surface area contributed by atoms with E-state index in [0.29, 0.717) is 26.4 Å². The Morgan fingerprint density at radius 2 is 1.86 bits per heavy atom. The quantitative estimate of drug-likeness (QED) is 0.669. The van der Waals surface area contributed by atoms with Gasteiger partial charge in [-0.25, -0.2) is 0 Å². The second-order valence-electron chi connectivity index (χ2n) is 6.33. The number of halogens is 3. The number of likely N-dealkylation sites (N-methyl/N-ethyl adjacent to an activating group) is 1. The maximum absolute atomic E-state index is 12.5. The molecular weight excluding hydrogens is 457 g/mol. The van der Waals surface area contributed by atoms with Gasteiger partial charge in [-0.1, -0.05) is 40.9 Å². The van der Waals surface area contributed by atoms with Gasteiger partial charge in [0.1, 0.15) is 0 Å². The number of hydrogen-bond acceptors (Lipinski definition) is 4. The van der Waals surface area contributed by atoms with Gasteiger partial charge in [-0.15, -0.1) is 11.8 Å². The first kappa shape index (κ1) is 21.8. The highest BCUT2D eigenvalue weighted by atomic mass is 35.5. The van der Waals surface area contributed by atoms with Gasteiger partial charge in [0.2, 0.25) is 17.7 Å². The predicted octanol–water partition coefficient (Wildman–Crippen LogP) is 4.55. The lowest BCUT2D eigenvalue weighted by atomic mass is 10.2. The fourth-order valence-corrected chi connectivity index (χ4v) is 4.42. The Kier molecular flexibility index (Phi) is 6.95. The number of anilines is 2. The molecule has 0 spiro atoms. The van der Waals surface area contributed by atoms with Crippen LogP contribution in [0.1, 0.15) is 6.42 Å².